The van der Waals surface area contributed by atoms with Crippen molar-refractivity contribution < 1.29 is 24.2 Å². The normalized spacial score (nSPS) is 12.3. The molecule has 24 heavy (non-hydrogen) atoms. The molecule has 8 heteroatoms. The van der Waals surface area contributed by atoms with E-state index in [9.17, 15) is 14.4 Å². The van der Waals surface area contributed by atoms with Crippen LogP contribution in [0.2, 0.25) is 0 Å². The lowest BCUT2D eigenvalue weighted by molar-refractivity contribution is -0.143. The predicted molar refractivity (Wildman–Crippen MR) is 83.6 cm³/mol. The van der Waals surface area contributed by atoms with E-state index < -0.39 is 36.5 Å². The highest BCUT2D eigenvalue weighted by atomic mass is 16.5. The number of hydrogen-bond acceptors (Lipinski definition) is 5. The topological polar surface area (TPSA) is 129 Å². The molecule has 2 atom stereocenters. The quantitative estimate of drug-likeness (QED) is 0.652. The molecule has 0 saturated heterocycles. The van der Waals surface area contributed by atoms with Gasteiger partial charge in [-0.05, 0) is 5.56 Å². The highest BCUT2D eigenvalue weighted by Gasteiger charge is 2.26. The monoisotopic (exact) mass is 333 g/mol. The SMILES string of the molecule is C[C@H](CC#N)[C@@H](NC(=O)CNC(=O)OCc1ccccc1)C(=O)O. The van der Waals surface area contributed by atoms with Gasteiger partial charge in [0, 0.05) is 12.3 Å². The standard InChI is InChI=1S/C16H19N3O5/c1-11(7-8-17)14(15(21)22)19-13(20)9-18-16(23)24-10-12-5-3-2-4-6-12/h2-6,11,14H,7,9-10H2,1H3,(H,18,23)(H,19,20)(H,21,22)/t11-,14-/m1/s1. The molecule has 0 aliphatic rings. The van der Waals surface area contributed by atoms with Gasteiger partial charge in [0.2, 0.25) is 5.91 Å². The second-order valence-corrected chi connectivity index (χ2v) is 5.14. The maximum Gasteiger partial charge on any atom is 0.407 e. The summed E-state index contributed by atoms with van der Waals surface area (Å²) in [5, 5.41) is 22.2. The molecule has 128 valence electrons. The van der Waals surface area contributed by atoms with Crippen LogP contribution in [0.5, 0.6) is 0 Å². The Morgan fingerprint density at radius 2 is 1.96 bits per heavy atom. The summed E-state index contributed by atoms with van der Waals surface area (Å²) in [4.78, 5) is 34.3. The zero-order valence-electron chi connectivity index (χ0n) is 13.2. The van der Waals surface area contributed by atoms with Crippen LogP contribution >= 0.6 is 0 Å². The number of carbonyl (C=O) groups excluding carboxylic acids is 2. The van der Waals surface area contributed by atoms with Crippen LogP contribution in [0.15, 0.2) is 30.3 Å². The van der Waals surface area contributed by atoms with Crippen LogP contribution in [0.4, 0.5) is 4.79 Å². The number of alkyl carbamates (subject to hydrolysis) is 1. The Labute approximate surface area is 139 Å². The lowest BCUT2D eigenvalue weighted by atomic mass is 9.99. The third kappa shape index (κ3) is 6.79. The number of ether oxygens (including phenoxy) is 1. The number of nitrogens with zero attached hydrogens (tertiary/aromatic N) is 1. The summed E-state index contributed by atoms with van der Waals surface area (Å²) in [6, 6.07) is 9.67. The first kappa shape index (κ1) is 19.0. The lowest BCUT2D eigenvalue weighted by Crippen LogP contribution is -2.48. The summed E-state index contributed by atoms with van der Waals surface area (Å²) in [7, 11) is 0. The number of aliphatic carboxylic acids is 1. The van der Waals surface area contributed by atoms with Crippen molar-refractivity contribution >= 4 is 18.0 Å². The Balaban J connectivity index is 2.37. The summed E-state index contributed by atoms with van der Waals surface area (Å²) >= 11 is 0. The van der Waals surface area contributed by atoms with Crippen molar-refractivity contribution in [2.24, 2.45) is 5.92 Å². The van der Waals surface area contributed by atoms with Crippen LogP contribution in [0.25, 0.3) is 0 Å². The fraction of sp³-hybridized carbons (Fsp3) is 0.375. The average molecular weight is 333 g/mol. The number of amides is 2. The highest BCUT2D eigenvalue weighted by Crippen LogP contribution is 2.07. The molecule has 2 amide bonds. The van der Waals surface area contributed by atoms with E-state index in [4.69, 9.17) is 15.1 Å². The second-order valence-electron chi connectivity index (χ2n) is 5.14. The van der Waals surface area contributed by atoms with Gasteiger partial charge >= 0.3 is 12.1 Å². The Morgan fingerprint density at radius 3 is 2.54 bits per heavy atom. The number of rotatable bonds is 8. The molecule has 0 aliphatic carbocycles. The second kappa shape index (κ2) is 9.84. The van der Waals surface area contributed by atoms with Gasteiger partial charge in [-0.15, -0.1) is 0 Å². The largest absolute Gasteiger partial charge is 0.480 e. The summed E-state index contributed by atoms with van der Waals surface area (Å²) in [5.41, 5.74) is 0.799. The molecule has 0 radical (unpaired) electrons. The Bertz CT molecular complexity index is 612. The van der Waals surface area contributed by atoms with Crippen molar-refractivity contribution in [1.29, 1.82) is 5.26 Å². The first-order chi connectivity index (χ1) is 11.4. The van der Waals surface area contributed by atoms with E-state index >= 15 is 0 Å². The predicted octanol–water partition coefficient (Wildman–Crippen LogP) is 1.03. The van der Waals surface area contributed by atoms with Gasteiger partial charge in [0.1, 0.15) is 19.2 Å². The van der Waals surface area contributed by atoms with Crippen molar-refractivity contribution in [3.05, 3.63) is 35.9 Å². The summed E-state index contributed by atoms with van der Waals surface area (Å²) in [6.07, 6.45) is -0.796. The molecule has 1 aromatic carbocycles. The molecule has 1 rings (SSSR count). The minimum atomic E-state index is -1.24. The molecule has 0 aromatic heterocycles. The van der Waals surface area contributed by atoms with Crippen LogP contribution in [-0.4, -0.2) is 35.7 Å². The van der Waals surface area contributed by atoms with E-state index in [2.05, 4.69) is 10.6 Å². The third-order valence-electron chi connectivity index (χ3n) is 3.17. The molecule has 0 spiro atoms. The zero-order valence-corrected chi connectivity index (χ0v) is 13.2. The molecular formula is C16H19N3O5. The van der Waals surface area contributed by atoms with E-state index in [0.29, 0.717) is 0 Å². The van der Waals surface area contributed by atoms with Crippen molar-refractivity contribution in [1.82, 2.24) is 10.6 Å². The fourth-order valence-corrected chi connectivity index (χ4v) is 1.86. The molecule has 3 N–H and O–H groups in total. The number of benzene rings is 1. The average Bonchev–Trinajstić information content (AvgIpc) is 2.56. The molecule has 1 aromatic rings. The van der Waals surface area contributed by atoms with E-state index in [1.807, 2.05) is 12.1 Å². The van der Waals surface area contributed by atoms with Gasteiger partial charge in [0.05, 0.1) is 6.07 Å². The van der Waals surface area contributed by atoms with Gasteiger partial charge in [0.15, 0.2) is 0 Å². The summed E-state index contributed by atoms with van der Waals surface area (Å²) in [6.45, 7) is 1.19. The van der Waals surface area contributed by atoms with Gasteiger partial charge in [-0.25, -0.2) is 9.59 Å². The number of carbonyl (C=O) groups is 3. The van der Waals surface area contributed by atoms with Gasteiger partial charge in [-0.3, -0.25) is 4.79 Å². The van der Waals surface area contributed by atoms with Crippen LogP contribution < -0.4 is 10.6 Å². The molecule has 0 saturated carbocycles. The van der Waals surface area contributed by atoms with E-state index in [1.165, 1.54) is 0 Å². The molecule has 8 nitrogen and oxygen atoms in total. The van der Waals surface area contributed by atoms with E-state index in [0.717, 1.165) is 5.56 Å². The van der Waals surface area contributed by atoms with Gasteiger partial charge < -0.3 is 20.5 Å². The number of carboxylic acid groups (broad SMARTS) is 1. The smallest absolute Gasteiger partial charge is 0.407 e. The van der Waals surface area contributed by atoms with Crippen molar-refractivity contribution in [3.8, 4) is 6.07 Å². The summed E-state index contributed by atoms with van der Waals surface area (Å²) < 4.78 is 4.93. The van der Waals surface area contributed by atoms with Crippen LogP contribution in [0.3, 0.4) is 0 Å². The number of carboxylic acids is 1. The number of nitriles is 1. The van der Waals surface area contributed by atoms with Crippen LogP contribution in [-0.2, 0) is 20.9 Å². The van der Waals surface area contributed by atoms with Gasteiger partial charge in [-0.2, -0.15) is 5.26 Å². The van der Waals surface area contributed by atoms with Crippen LogP contribution in [0.1, 0.15) is 18.9 Å². The van der Waals surface area contributed by atoms with Crippen molar-refractivity contribution in [2.75, 3.05) is 6.54 Å². The molecule has 0 aliphatic heterocycles. The first-order valence-electron chi connectivity index (χ1n) is 7.27. The maximum atomic E-state index is 11.7. The van der Waals surface area contributed by atoms with Crippen molar-refractivity contribution in [2.45, 2.75) is 26.0 Å². The minimum Gasteiger partial charge on any atom is -0.480 e. The van der Waals surface area contributed by atoms with Gasteiger partial charge in [0.25, 0.3) is 0 Å². The highest BCUT2D eigenvalue weighted by molar-refractivity contribution is 5.86. The lowest BCUT2D eigenvalue weighted by Gasteiger charge is -2.19. The maximum absolute atomic E-state index is 11.7. The fourth-order valence-electron chi connectivity index (χ4n) is 1.86. The Kier molecular flexibility index (Phi) is 7.78. The molecule has 0 bridgehead atoms. The molecule has 0 unspecified atom stereocenters. The molecular weight excluding hydrogens is 314 g/mol. The molecule has 0 heterocycles. The van der Waals surface area contributed by atoms with Gasteiger partial charge in [-0.1, -0.05) is 37.3 Å². The Hall–Kier alpha value is -3.08. The van der Waals surface area contributed by atoms with E-state index in [-0.39, 0.29) is 13.0 Å². The summed E-state index contributed by atoms with van der Waals surface area (Å²) in [5.74, 6) is -2.47. The van der Waals surface area contributed by atoms with Crippen LogP contribution in [0, 0.1) is 17.2 Å². The third-order valence-corrected chi connectivity index (χ3v) is 3.17. The molecule has 0 fully saturated rings. The zero-order chi connectivity index (χ0) is 17.9. The number of nitrogens with one attached hydrogen (secondary N) is 2. The Morgan fingerprint density at radius 1 is 1.29 bits per heavy atom. The first-order valence-corrected chi connectivity index (χ1v) is 7.27. The minimum absolute atomic E-state index is 0.0101. The number of hydrogen-bond donors (Lipinski definition) is 3. The van der Waals surface area contributed by atoms with Crippen molar-refractivity contribution in [3.63, 3.8) is 0 Å². The van der Waals surface area contributed by atoms with E-state index in [1.54, 1.807) is 31.2 Å².